The lowest BCUT2D eigenvalue weighted by atomic mass is 9.94. The molecule has 8 nitrogen and oxygen atoms in total. The predicted octanol–water partition coefficient (Wildman–Crippen LogP) is 5.22. The van der Waals surface area contributed by atoms with Crippen molar-refractivity contribution in [3.05, 3.63) is 59.6 Å². The molecule has 2 aromatic carbocycles. The van der Waals surface area contributed by atoms with Gasteiger partial charge in [-0.1, -0.05) is 24.2 Å². The number of allylic oxidation sites excluding steroid dienone is 1. The van der Waals surface area contributed by atoms with Gasteiger partial charge in [0.05, 0.1) is 32.4 Å². The zero-order chi connectivity index (χ0) is 24.9. The number of hydrogen-bond donors (Lipinski definition) is 1. The lowest BCUT2D eigenvalue weighted by molar-refractivity contribution is 0.340. The summed E-state index contributed by atoms with van der Waals surface area (Å²) in [5.74, 6) is 2.94. The predicted molar refractivity (Wildman–Crippen MR) is 139 cm³/mol. The zero-order valence-electron chi connectivity index (χ0n) is 20.6. The summed E-state index contributed by atoms with van der Waals surface area (Å²) < 4.78 is 22.2. The monoisotopic (exact) mass is 494 g/mol. The van der Waals surface area contributed by atoms with Gasteiger partial charge in [0.15, 0.2) is 16.6 Å². The minimum atomic E-state index is -0.245. The fraction of sp³-hybridized carbons (Fsp3) is 0.346. The molecule has 0 amide bonds. The van der Waals surface area contributed by atoms with Gasteiger partial charge in [-0.2, -0.15) is 4.98 Å². The highest BCUT2D eigenvalue weighted by Gasteiger charge is 2.33. The van der Waals surface area contributed by atoms with Gasteiger partial charge in [-0.3, -0.25) is 0 Å². The van der Waals surface area contributed by atoms with Crippen LogP contribution < -0.4 is 19.5 Å². The number of thiocarbonyl (C=S) groups is 1. The number of nitrogens with zero attached hydrogens (tertiary/aromatic N) is 3. The van der Waals surface area contributed by atoms with Crippen LogP contribution >= 0.6 is 12.2 Å². The number of methoxy groups -OCH3 is 2. The van der Waals surface area contributed by atoms with Crippen molar-refractivity contribution in [2.24, 2.45) is 0 Å². The Kier molecular flexibility index (Phi) is 7.55. The van der Waals surface area contributed by atoms with E-state index in [1.54, 1.807) is 14.2 Å². The van der Waals surface area contributed by atoms with E-state index in [0.29, 0.717) is 34.9 Å². The van der Waals surface area contributed by atoms with E-state index in [-0.39, 0.29) is 6.04 Å². The summed E-state index contributed by atoms with van der Waals surface area (Å²) in [6.45, 7) is 7.53. The molecular weight excluding hydrogens is 464 g/mol. The van der Waals surface area contributed by atoms with E-state index in [0.717, 1.165) is 41.1 Å². The first-order valence-corrected chi connectivity index (χ1v) is 12.0. The molecule has 0 aliphatic carbocycles. The molecule has 0 bridgehead atoms. The van der Waals surface area contributed by atoms with Crippen molar-refractivity contribution in [1.82, 2.24) is 20.4 Å². The third-order valence-corrected chi connectivity index (χ3v) is 6.20. The maximum atomic E-state index is 5.81. The van der Waals surface area contributed by atoms with E-state index in [1.165, 1.54) is 0 Å². The van der Waals surface area contributed by atoms with Crippen molar-refractivity contribution in [1.29, 1.82) is 0 Å². The number of nitrogens with one attached hydrogen (secondary N) is 1. The van der Waals surface area contributed by atoms with Crippen molar-refractivity contribution in [3.8, 4) is 28.6 Å². The normalized spacial score (nSPS) is 15.7. The number of hydrogen-bond acceptors (Lipinski definition) is 7. The Bertz CT molecular complexity index is 1220. The summed E-state index contributed by atoms with van der Waals surface area (Å²) in [6.07, 6.45) is 0.945. The highest BCUT2D eigenvalue weighted by atomic mass is 32.1. The molecule has 0 fully saturated rings. The number of ether oxygens (including phenoxy) is 3. The fourth-order valence-corrected chi connectivity index (χ4v) is 4.50. The minimum absolute atomic E-state index is 0.245. The molecule has 1 aliphatic rings. The van der Waals surface area contributed by atoms with E-state index >= 15 is 0 Å². The second kappa shape index (κ2) is 10.8. The lowest BCUT2D eigenvalue weighted by Crippen LogP contribution is -2.46. The molecule has 0 saturated heterocycles. The Hall–Kier alpha value is -3.59. The second-order valence-electron chi connectivity index (χ2n) is 8.03. The third-order valence-electron chi connectivity index (χ3n) is 5.87. The van der Waals surface area contributed by atoms with E-state index in [2.05, 4.69) is 22.3 Å². The maximum absolute atomic E-state index is 5.81. The molecule has 1 atom stereocenters. The lowest BCUT2D eigenvalue weighted by Gasteiger charge is -2.37. The molecule has 9 heteroatoms. The Labute approximate surface area is 210 Å². The summed E-state index contributed by atoms with van der Waals surface area (Å²) in [7, 11) is 3.20. The van der Waals surface area contributed by atoms with Crippen LogP contribution in [0.15, 0.2) is 52.7 Å². The Morgan fingerprint density at radius 1 is 1.06 bits per heavy atom. The van der Waals surface area contributed by atoms with Crippen LogP contribution in [0.4, 0.5) is 0 Å². The smallest absolute Gasteiger partial charge is 0.258 e. The Morgan fingerprint density at radius 3 is 2.46 bits per heavy atom. The first kappa shape index (κ1) is 24.5. The molecule has 4 rings (SSSR count). The van der Waals surface area contributed by atoms with Crippen LogP contribution in [0.3, 0.4) is 0 Å². The molecule has 1 unspecified atom stereocenters. The van der Waals surface area contributed by atoms with Crippen LogP contribution in [0.1, 0.15) is 44.7 Å². The molecule has 184 valence electrons. The van der Waals surface area contributed by atoms with E-state index in [4.69, 9.17) is 35.9 Å². The SMILES string of the molecule is CCCN1C(=S)NC(c2ccc(OCC)cc2)C(c2nc(-c3ccc(OC)c(OC)c3)no2)=C1C. The van der Waals surface area contributed by atoms with Gasteiger partial charge >= 0.3 is 0 Å². The van der Waals surface area contributed by atoms with Gasteiger partial charge in [0, 0.05) is 17.8 Å². The largest absolute Gasteiger partial charge is 0.494 e. The van der Waals surface area contributed by atoms with Gasteiger partial charge < -0.3 is 29.0 Å². The summed E-state index contributed by atoms with van der Waals surface area (Å²) in [6, 6.07) is 13.2. The fourth-order valence-electron chi connectivity index (χ4n) is 4.15. The Morgan fingerprint density at radius 2 is 1.80 bits per heavy atom. The highest BCUT2D eigenvalue weighted by molar-refractivity contribution is 7.80. The molecule has 35 heavy (non-hydrogen) atoms. The van der Waals surface area contributed by atoms with Crippen LogP contribution in [-0.4, -0.2) is 47.5 Å². The number of aromatic nitrogens is 2. The van der Waals surface area contributed by atoms with Crippen molar-refractivity contribution in [2.45, 2.75) is 33.2 Å². The molecular formula is C26H30N4O4S. The maximum Gasteiger partial charge on any atom is 0.258 e. The number of benzene rings is 2. The van der Waals surface area contributed by atoms with Crippen LogP contribution in [0.5, 0.6) is 17.2 Å². The van der Waals surface area contributed by atoms with Crippen LogP contribution in [0, 0.1) is 0 Å². The van der Waals surface area contributed by atoms with Gasteiger partial charge in [0.2, 0.25) is 5.82 Å². The standard InChI is InChI=1S/C26H30N4O4S/c1-6-14-30-16(3)22(23(27-26(30)35)17-8-11-19(12-9-17)33-7-2)25-28-24(29-34-25)18-10-13-20(31-4)21(15-18)32-5/h8-13,15,23H,6-7,14H2,1-5H3,(H,27,35). The van der Waals surface area contributed by atoms with Crippen LogP contribution in [0.2, 0.25) is 0 Å². The van der Waals surface area contributed by atoms with E-state index in [1.807, 2.05) is 56.3 Å². The first-order valence-electron chi connectivity index (χ1n) is 11.6. The molecule has 0 spiro atoms. The Balaban J connectivity index is 1.76. The molecule has 3 aromatic rings. The minimum Gasteiger partial charge on any atom is -0.494 e. The average molecular weight is 495 g/mol. The zero-order valence-corrected chi connectivity index (χ0v) is 21.4. The van der Waals surface area contributed by atoms with Gasteiger partial charge in [-0.05, 0) is 68.4 Å². The summed E-state index contributed by atoms with van der Waals surface area (Å²) in [5, 5.41) is 8.42. The quantitative estimate of drug-likeness (QED) is 0.402. The second-order valence-corrected chi connectivity index (χ2v) is 8.41. The van der Waals surface area contributed by atoms with E-state index in [9.17, 15) is 0 Å². The van der Waals surface area contributed by atoms with Crippen molar-refractivity contribution >= 4 is 22.9 Å². The van der Waals surface area contributed by atoms with Crippen LogP contribution in [-0.2, 0) is 0 Å². The van der Waals surface area contributed by atoms with Crippen molar-refractivity contribution < 1.29 is 18.7 Å². The summed E-state index contributed by atoms with van der Waals surface area (Å²) in [4.78, 5) is 6.84. The number of rotatable bonds is 9. The summed E-state index contributed by atoms with van der Waals surface area (Å²) >= 11 is 5.71. The molecule has 1 aliphatic heterocycles. The highest BCUT2D eigenvalue weighted by Crippen LogP contribution is 2.38. The average Bonchev–Trinajstić information content (AvgIpc) is 3.36. The van der Waals surface area contributed by atoms with Crippen LogP contribution in [0.25, 0.3) is 17.0 Å². The molecule has 0 saturated carbocycles. The molecule has 2 heterocycles. The molecule has 1 aromatic heterocycles. The van der Waals surface area contributed by atoms with E-state index < -0.39 is 0 Å². The molecule has 0 radical (unpaired) electrons. The van der Waals surface area contributed by atoms with Crippen molar-refractivity contribution in [2.75, 3.05) is 27.4 Å². The first-order chi connectivity index (χ1) is 17.0. The van der Waals surface area contributed by atoms with Gasteiger partial charge in [-0.15, -0.1) is 0 Å². The van der Waals surface area contributed by atoms with Crippen molar-refractivity contribution in [3.63, 3.8) is 0 Å². The van der Waals surface area contributed by atoms with Gasteiger partial charge in [0.25, 0.3) is 5.89 Å². The topological polar surface area (TPSA) is 81.9 Å². The summed E-state index contributed by atoms with van der Waals surface area (Å²) in [5.41, 5.74) is 3.65. The third kappa shape index (κ3) is 4.95. The van der Waals surface area contributed by atoms with Gasteiger partial charge in [0.1, 0.15) is 5.75 Å². The van der Waals surface area contributed by atoms with Gasteiger partial charge in [-0.25, -0.2) is 0 Å². The molecule has 1 N–H and O–H groups in total.